The van der Waals surface area contributed by atoms with Crippen molar-refractivity contribution >= 4 is 22.6 Å². The number of nitrogen functional groups attached to an aromatic ring is 1. The molecule has 0 aliphatic rings. The van der Waals surface area contributed by atoms with Gasteiger partial charge in [0.05, 0.1) is 6.10 Å². The van der Waals surface area contributed by atoms with Crippen LogP contribution in [0.2, 0.25) is 0 Å². The maximum absolute atomic E-state index is 10.8. The third kappa shape index (κ3) is 4.03. The van der Waals surface area contributed by atoms with Gasteiger partial charge in [-0.05, 0) is 30.2 Å². The van der Waals surface area contributed by atoms with Crippen molar-refractivity contribution < 1.29 is 15.0 Å². The van der Waals surface area contributed by atoms with E-state index >= 15 is 0 Å². The summed E-state index contributed by atoms with van der Waals surface area (Å²) in [6.45, 7) is 3.26. The number of aryl methyl sites for hydroxylation is 1. The van der Waals surface area contributed by atoms with Crippen molar-refractivity contribution in [3.8, 4) is 0 Å². The number of thioether (sulfide) groups is 1. The van der Waals surface area contributed by atoms with Gasteiger partial charge in [-0.3, -0.25) is 4.79 Å². The first-order valence-electron chi connectivity index (χ1n) is 5.27. The number of rotatable bonds is 4. The molecule has 0 fully saturated rings. The van der Waals surface area contributed by atoms with E-state index in [1.54, 1.807) is 18.2 Å². The second-order valence-corrected chi connectivity index (χ2v) is 5.13. The molecule has 4 N–H and O–H groups in total. The molecule has 0 amide bonds. The molecule has 0 aliphatic carbocycles. The zero-order valence-corrected chi connectivity index (χ0v) is 10.7. The highest BCUT2D eigenvalue weighted by Crippen LogP contribution is 2.24. The van der Waals surface area contributed by atoms with Crippen LogP contribution in [0.1, 0.15) is 24.2 Å². The normalized spacial score (nSPS) is 14.4. The third-order valence-corrected chi connectivity index (χ3v) is 3.36. The highest BCUT2D eigenvalue weighted by atomic mass is 32.2. The number of hydrogen-bond acceptors (Lipinski definition) is 5. The van der Waals surface area contributed by atoms with E-state index in [0.717, 1.165) is 17.3 Å². The van der Waals surface area contributed by atoms with E-state index in [2.05, 4.69) is 0 Å². The second-order valence-electron chi connectivity index (χ2n) is 3.93. The number of aliphatic hydroxyl groups excluding tert-OH is 2. The fourth-order valence-electron chi connectivity index (χ4n) is 1.48. The van der Waals surface area contributed by atoms with Gasteiger partial charge in [0.1, 0.15) is 6.10 Å². The van der Waals surface area contributed by atoms with E-state index in [1.807, 2.05) is 6.92 Å². The van der Waals surface area contributed by atoms with Crippen LogP contribution in [0.4, 0.5) is 5.69 Å². The summed E-state index contributed by atoms with van der Waals surface area (Å²) in [7, 11) is 0. The Kier molecular flexibility index (Phi) is 4.99. The van der Waals surface area contributed by atoms with Gasteiger partial charge in [-0.25, -0.2) is 0 Å². The first kappa shape index (κ1) is 14.0. The Morgan fingerprint density at radius 2 is 2.12 bits per heavy atom. The Morgan fingerprint density at radius 1 is 1.47 bits per heavy atom. The van der Waals surface area contributed by atoms with Crippen LogP contribution >= 0.6 is 11.8 Å². The highest BCUT2D eigenvalue weighted by molar-refractivity contribution is 8.13. The number of aliphatic hydroxyl groups is 2. The Labute approximate surface area is 105 Å². The molecule has 2 unspecified atom stereocenters. The quantitative estimate of drug-likeness (QED) is 0.705. The molecule has 2 atom stereocenters. The summed E-state index contributed by atoms with van der Waals surface area (Å²) in [5, 5.41) is 19.7. The van der Waals surface area contributed by atoms with Crippen LogP contribution in [0.5, 0.6) is 0 Å². The summed E-state index contributed by atoms with van der Waals surface area (Å²) >= 11 is 0.992. The van der Waals surface area contributed by atoms with Gasteiger partial charge in [0.2, 0.25) is 0 Å². The van der Waals surface area contributed by atoms with Gasteiger partial charge in [-0.15, -0.1) is 0 Å². The van der Waals surface area contributed by atoms with Crippen LogP contribution in [0.15, 0.2) is 18.2 Å². The van der Waals surface area contributed by atoms with Crippen molar-refractivity contribution in [2.75, 3.05) is 11.5 Å². The van der Waals surface area contributed by atoms with Crippen molar-refractivity contribution in [2.45, 2.75) is 26.1 Å². The maximum Gasteiger partial charge on any atom is 0.185 e. The standard InChI is InChI=1S/C12H17NO3S/c1-7-3-4-9(13)5-10(7)12(16)11(15)6-17-8(2)14/h3-5,11-12,15-16H,6,13H2,1-2H3. The molecule has 0 radical (unpaired) electrons. The zero-order valence-electron chi connectivity index (χ0n) is 9.88. The van der Waals surface area contributed by atoms with Crippen LogP contribution in [0.3, 0.4) is 0 Å². The van der Waals surface area contributed by atoms with Crippen molar-refractivity contribution in [2.24, 2.45) is 0 Å². The lowest BCUT2D eigenvalue weighted by molar-refractivity contribution is -0.109. The molecule has 1 aromatic carbocycles. The van der Waals surface area contributed by atoms with Crippen LogP contribution in [-0.2, 0) is 4.79 Å². The molecule has 1 aromatic rings. The number of carbonyl (C=O) groups excluding carboxylic acids is 1. The molecule has 0 heterocycles. The van der Waals surface area contributed by atoms with Gasteiger partial charge in [0, 0.05) is 18.4 Å². The predicted molar refractivity (Wildman–Crippen MR) is 69.7 cm³/mol. The molecule has 0 bridgehead atoms. The first-order chi connectivity index (χ1) is 7.91. The van der Waals surface area contributed by atoms with Crippen LogP contribution in [0, 0.1) is 6.92 Å². The molecule has 17 heavy (non-hydrogen) atoms. The van der Waals surface area contributed by atoms with Gasteiger partial charge in [0.15, 0.2) is 5.12 Å². The van der Waals surface area contributed by atoms with Crippen molar-refractivity contribution in [1.82, 2.24) is 0 Å². The minimum Gasteiger partial charge on any atom is -0.399 e. The van der Waals surface area contributed by atoms with Crippen LogP contribution < -0.4 is 5.73 Å². The van der Waals surface area contributed by atoms with E-state index < -0.39 is 12.2 Å². The molecule has 4 nitrogen and oxygen atoms in total. The lowest BCUT2D eigenvalue weighted by atomic mass is 9.99. The van der Waals surface area contributed by atoms with Gasteiger partial charge >= 0.3 is 0 Å². The van der Waals surface area contributed by atoms with Crippen LogP contribution in [0.25, 0.3) is 0 Å². The summed E-state index contributed by atoms with van der Waals surface area (Å²) in [6.07, 6.45) is -2.00. The molecule has 0 saturated heterocycles. The Balaban J connectivity index is 2.77. The van der Waals surface area contributed by atoms with E-state index in [-0.39, 0.29) is 10.9 Å². The average Bonchev–Trinajstić information content (AvgIpc) is 2.28. The summed E-state index contributed by atoms with van der Waals surface area (Å²) in [6, 6.07) is 5.17. The number of carbonyl (C=O) groups is 1. The predicted octanol–water partition coefficient (Wildman–Crippen LogP) is 1.25. The SMILES string of the molecule is CC(=O)SCC(O)C(O)c1cc(N)ccc1C. The van der Waals surface area contributed by atoms with Gasteiger partial charge in [-0.2, -0.15) is 0 Å². The summed E-state index contributed by atoms with van der Waals surface area (Å²) in [5.41, 5.74) is 7.63. The number of nitrogens with two attached hydrogens (primary N) is 1. The minimum absolute atomic E-state index is 0.0828. The van der Waals surface area contributed by atoms with Crippen LogP contribution in [-0.4, -0.2) is 27.2 Å². The topological polar surface area (TPSA) is 83.5 Å². The monoisotopic (exact) mass is 255 g/mol. The molecular weight excluding hydrogens is 238 g/mol. The van der Waals surface area contributed by atoms with E-state index in [4.69, 9.17) is 5.73 Å². The molecule has 0 saturated carbocycles. The molecule has 94 valence electrons. The van der Waals surface area contributed by atoms with Gasteiger partial charge in [-0.1, -0.05) is 17.8 Å². The van der Waals surface area contributed by atoms with Gasteiger partial charge in [0.25, 0.3) is 0 Å². The fraction of sp³-hybridized carbons (Fsp3) is 0.417. The number of hydrogen-bond donors (Lipinski definition) is 3. The summed E-state index contributed by atoms with van der Waals surface area (Å²) < 4.78 is 0. The lowest BCUT2D eigenvalue weighted by Gasteiger charge is -2.19. The van der Waals surface area contributed by atoms with E-state index in [0.29, 0.717) is 11.3 Å². The number of anilines is 1. The van der Waals surface area contributed by atoms with E-state index in [9.17, 15) is 15.0 Å². The fourth-order valence-corrected chi connectivity index (χ4v) is 2.07. The highest BCUT2D eigenvalue weighted by Gasteiger charge is 2.20. The Hall–Kier alpha value is -1.04. The molecule has 0 aromatic heterocycles. The lowest BCUT2D eigenvalue weighted by Crippen LogP contribution is -2.22. The molecule has 0 spiro atoms. The second kappa shape index (κ2) is 6.05. The van der Waals surface area contributed by atoms with Crippen molar-refractivity contribution in [1.29, 1.82) is 0 Å². The molecular formula is C12H17NO3S. The van der Waals surface area contributed by atoms with E-state index in [1.165, 1.54) is 6.92 Å². The molecule has 5 heteroatoms. The Morgan fingerprint density at radius 3 is 2.71 bits per heavy atom. The molecule has 1 rings (SSSR count). The zero-order chi connectivity index (χ0) is 13.0. The minimum atomic E-state index is -1.02. The van der Waals surface area contributed by atoms with Gasteiger partial charge < -0.3 is 15.9 Å². The summed E-state index contributed by atoms with van der Waals surface area (Å²) in [5.74, 6) is 0.171. The molecule has 0 aliphatic heterocycles. The van der Waals surface area contributed by atoms with Crippen molar-refractivity contribution in [3.05, 3.63) is 29.3 Å². The maximum atomic E-state index is 10.8. The smallest absolute Gasteiger partial charge is 0.185 e. The third-order valence-electron chi connectivity index (χ3n) is 2.44. The number of benzene rings is 1. The average molecular weight is 255 g/mol. The largest absolute Gasteiger partial charge is 0.399 e. The summed E-state index contributed by atoms with van der Waals surface area (Å²) in [4.78, 5) is 10.8. The first-order valence-corrected chi connectivity index (χ1v) is 6.26. The Bertz CT molecular complexity index is 409. The van der Waals surface area contributed by atoms with Crippen molar-refractivity contribution in [3.63, 3.8) is 0 Å².